The Labute approximate surface area is 199 Å². The van der Waals surface area contributed by atoms with Crippen LogP contribution in [0.4, 0.5) is 15.6 Å². The molecule has 2 N–H and O–H groups in total. The summed E-state index contributed by atoms with van der Waals surface area (Å²) >= 11 is 7.18. The highest BCUT2D eigenvalue weighted by Crippen LogP contribution is 2.29. The van der Waals surface area contributed by atoms with Gasteiger partial charge in [-0.1, -0.05) is 35.1 Å². The molecule has 4 rings (SSSR count). The van der Waals surface area contributed by atoms with Gasteiger partial charge >= 0.3 is 6.03 Å². The monoisotopic (exact) mass is 487 g/mol. The fourth-order valence-corrected chi connectivity index (χ4v) is 4.41. The third-order valence-corrected chi connectivity index (χ3v) is 6.31. The summed E-state index contributed by atoms with van der Waals surface area (Å²) in [4.78, 5) is 27.4. The molecule has 0 spiro atoms. The van der Waals surface area contributed by atoms with Gasteiger partial charge in [-0.25, -0.2) is 4.79 Å². The summed E-state index contributed by atoms with van der Waals surface area (Å²) in [5.74, 6) is 0.797. The normalized spacial score (nSPS) is 15.2. The van der Waals surface area contributed by atoms with E-state index >= 15 is 0 Å². The lowest BCUT2D eigenvalue weighted by Crippen LogP contribution is -2.45. The Balaban J connectivity index is 1.42. The van der Waals surface area contributed by atoms with Gasteiger partial charge in [0.1, 0.15) is 22.5 Å². The third kappa shape index (κ3) is 5.35. The van der Waals surface area contributed by atoms with Crippen molar-refractivity contribution in [2.45, 2.75) is 18.9 Å². The standard InChI is InChI=1S/C22H22ClN5O4S/c1-31-16-10-15(11-17(12-16)32-2)24-22(30)28-9-3-4-18(28)19(29)25-21-27-26-20(33-21)13-5-7-14(23)8-6-13/h5-8,10-12,18H,3-4,9H2,1-2H3,(H,24,30)(H,25,27,29). The van der Waals surface area contributed by atoms with Gasteiger partial charge in [0.05, 0.1) is 14.2 Å². The molecule has 2 heterocycles. The Morgan fingerprint density at radius 1 is 1.06 bits per heavy atom. The predicted molar refractivity (Wildman–Crippen MR) is 127 cm³/mol. The molecule has 11 heteroatoms. The highest BCUT2D eigenvalue weighted by atomic mass is 35.5. The number of nitrogens with zero attached hydrogens (tertiary/aromatic N) is 3. The van der Waals surface area contributed by atoms with Crippen molar-refractivity contribution in [3.63, 3.8) is 0 Å². The van der Waals surface area contributed by atoms with E-state index in [0.29, 0.717) is 45.3 Å². The van der Waals surface area contributed by atoms with Crippen molar-refractivity contribution in [1.82, 2.24) is 15.1 Å². The van der Waals surface area contributed by atoms with E-state index in [-0.39, 0.29) is 11.9 Å². The maximum absolute atomic E-state index is 12.9. The number of hydrogen-bond donors (Lipinski definition) is 2. The van der Waals surface area contributed by atoms with E-state index in [4.69, 9.17) is 21.1 Å². The first-order chi connectivity index (χ1) is 16.0. The minimum atomic E-state index is -0.611. The number of halogens is 1. The zero-order chi connectivity index (χ0) is 23.4. The lowest BCUT2D eigenvalue weighted by Gasteiger charge is -2.24. The van der Waals surface area contributed by atoms with Crippen LogP contribution in [0.2, 0.25) is 5.02 Å². The van der Waals surface area contributed by atoms with Crippen molar-refractivity contribution in [3.05, 3.63) is 47.5 Å². The van der Waals surface area contributed by atoms with Gasteiger partial charge in [-0.2, -0.15) is 0 Å². The zero-order valence-corrected chi connectivity index (χ0v) is 19.6. The minimum Gasteiger partial charge on any atom is -0.497 e. The van der Waals surface area contributed by atoms with Crippen LogP contribution in [0.25, 0.3) is 10.6 Å². The number of amides is 3. The summed E-state index contributed by atoms with van der Waals surface area (Å²) in [6.45, 7) is 0.469. The SMILES string of the molecule is COc1cc(NC(=O)N2CCCC2C(=O)Nc2nnc(-c3ccc(Cl)cc3)s2)cc(OC)c1. The Morgan fingerprint density at radius 2 is 1.76 bits per heavy atom. The average Bonchev–Trinajstić information content (AvgIpc) is 3.49. The first-order valence-corrected chi connectivity index (χ1v) is 11.4. The van der Waals surface area contributed by atoms with Crippen LogP contribution < -0.4 is 20.1 Å². The number of likely N-dealkylation sites (tertiary alicyclic amines) is 1. The van der Waals surface area contributed by atoms with Gasteiger partial charge in [-0.15, -0.1) is 10.2 Å². The van der Waals surface area contributed by atoms with Crippen molar-refractivity contribution in [1.29, 1.82) is 0 Å². The molecule has 1 aliphatic rings. The van der Waals surface area contributed by atoms with Gasteiger partial charge in [0.2, 0.25) is 11.0 Å². The molecule has 33 heavy (non-hydrogen) atoms. The van der Waals surface area contributed by atoms with E-state index in [2.05, 4.69) is 20.8 Å². The van der Waals surface area contributed by atoms with Crippen LogP contribution in [0.5, 0.6) is 11.5 Å². The molecule has 0 aliphatic carbocycles. The molecular weight excluding hydrogens is 466 g/mol. The number of nitrogens with one attached hydrogen (secondary N) is 2. The first-order valence-electron chi connectivity index (χ1n) is 10.2. The van der Waals surface area contributed by atoms with Gasteiger partial charge < -0.3 is 19.7 Å². The molecule has 9 nitrogen and oxygen atoms in total. The molecule has 1 fully saturated rings. The van der Waals surface area contributed by atoms with Gasteiger partial charge in [-0.05, 0) is 25.0 Å². The van der Waals surface area contributed by atoms with Crippen molar-refractivity contribution in [3.8, 4) is 22.1 Å². The Bertz CT molecular complexity index is 1130. The van der Waals surface area contributed by atoms with Crippen molar-refractivity contribution in [2.24, 2.45) is 0 Å². The summed E-state index contributed by atoms with van der Waals surface area (Å²) in [6, 6.07) is 11.3. The maximum Gasteiger partial charge on any atom is 0.322 e. The molecule has 2 aromatic carbocycles. The molecule has 3 aromatic rings. The summed E-state index contributed by atoms with van der Waals surface area (Å²) in [7, 11) is 3.07. The summed E-state index contributed by atoms with van der Waals surface area (Å²) < 4.78 is 10.5. The number of methoxy groups -OCH3 is 2. The number of benzene rings is 2. The van der Waals surface area contributed by atoms with E-state index in [1.807, 2.05) is 12.1 Å². The largest absolute Gasteiger partial charge is 0.497 e. The van der Waals surface area contributed by atoms with Crippen LogP contribution >= 0.6 is 22.9 Å². The molecule has 0 radical (unpaired) electrons. The smallest absolute Gasteiger partial charge is 0.322 e. The number of urea groups is 1. The van der Waals surface area contributed by atoms with Crippen LogP contribution in [0.1, 0.15) is 12.8 Å². The molecule has 0 saturated carbocycles. The second kappa shape index (κ2) is 10.1. The summed E-state index contributed by atoms with van der Waals surface area (Å²) in [6.07, 6.45) is 1.28. The van der Waals surface area contributed by atoms with Crippen LogP contribution in [-0.2, 0) is 4.79 Å². The lowest BCUT2D eigenvalue weighted by molar-refractivity contribution is -0.119. The van der Waals surface area contributed by atoms with Gasteiger partial charge in [0.25, 0.3) is 0 Å². The van der Waals surface area contributed by atoms with Crippen LogP contribution in [-0.4, -0.2) is 53.8 Å². The predicted octanol–water partition coefficient (Wildman–Crippen LogP) is 4.51. The third-order valence-electron chi connectivity index (χ3n) is 5.17. The molecule has 1 atom stereocenters. The molecule has 1 aromatic heterocycles. The second-order valence-corrected chi connectivity index (χ2v) is 8.71. The highest BCUT2D eigenvalue weighted by Gasteiger charge is 2.34. The van der Waals surface area contributed by atoms with Gasteiger partial charge in [-0.3, -0.25) is 10.1 Å². The molecular formula is C22H22ClN5O4S. The van der Waals surface area contributed by atoms with Crippen molar-refractivity contribution in [2.75, 3.05) is 31.4 Å². The molecule has 1 aliphatic heterocycles. The summed E-state index contributed by atoms with van der Waals surface area (Å²) in [5, 5.41) is 15.5. The Morgan fingerprint density at radius 3 is 2.42 bits per heavy atom. The van der Waals surface area contributed by atoms with Crippen LogP contribution in [0.15, 0.2) is 42.5 Å². The van der Waals surface area contributed by atoms with Crippen LogP contribution in [0.3, 0.4) is 0 Å². The Kier molecular flexibility index (Phi) is 6.95. The van der Waals surface area contributed by atoms with E-state index in [0.717, 1.165) is 12.0 Å². The number of anilines is 2. The van der Waals surface area contributed by atoms with E-state index in [1.165, 1.54) is 30.5 Å². The molecule has 0 bridgehead atoms. The average molecular weight is 488 g/mol. The van der Waals surface area contributed by atoms with Gasteiger partial charge in [0.15, 0.2) is 0 Å². The lowest BCUT2D eigenvalue weighted by atomic mass is 10.2. The fourth-order valence-electron chi connectivity index (χ4n) is 3.53. The zero-order valence-electron chi connectivity index (χ0n) is 18.0. The Hall–Kier alpha value is -3.37. The molecule has 1 saturated heterocycles. The number of aromatic nitrogens is 2. The number of hydrogen-bond acceptors (Lipinski definition) is 7. The maximum atomic E-state index is 12.9. The number of rotatable bonds is 6. The van der Waals surface area contributed by atoms with E-state index < -0.39 is 6.04 Å². The quantitative estimate of drug-likeness (QED) is 0.530. The van der Waals surface area contributed by atoms with E-state index in [1.54, 1.807) is 30.3 Å². The fraction of sp³-hybridized carbons (Fsp3) is 0.273. The molecule has 3 amide bonds. The number of carbonyl (C=O) groups excluding carboxylic acids is 2. The second-order valence-electron chi connectivity index (χ2n) is 7.29. The minimum absolute atomic E-state index is 0.301. The number of ether oxygens (including phenoxy) is 2. The summed E-state index contributed by atoms with van der Waals surface area (Å²) in [5.41, 5.74) is 1.37. The molecule has 1 unspecified atom stereocenters. The first kappa shape index (κ1) is 22.8. The topological polar surface area (TPSA) is 106 Å². The van der Waals surface area contributed by atoms with Gasteiger partial charge in [0, 0.05) is 41.0 Å². The van der Waals surface area contributed by atoms with Crippen LogP contribution in [0, 0.1) is 0 Å². The van der Waals surface area contributed by atoms with Crippen molar-refractivity contribution >= 4 is 45.7 Å². The molecule has 172 valence electrons. The highest BCUT2D eigenvalue weighted by molar-refractivity contribution is 7.18. The number of carbonyl (C=O) groups is 2. The van der Waals surface area contributed by atoms with E-state index in [9.17, 15) is 9.59 Å². The van der Waals surface area contributed by atoms with Crippen molar-refractivity contribution < 1.29 is 19.1 Å².